The van der Waals surface area contributed by atoms with Crippen molar-refractivity contribution in [3.63, 3.8) is 0 Å². The van der Waals surface area contributed by atoms with Crippen molar-refractivity contribution < 1.29 is 18.3 Å². The van der Waals surface area contributed by atoms with E-state index in [9.17, 15) is 13.5 Å². The number of hydrogen-bond donors (Lipinski definition) is 2. The number of aryl methyl sites for hydroxylation is 1. The first-order valence-electron chi connectivity index (χ1n) is 8.16. The van der Waals surface area contributed by atoms with E-state index < -0.39 is 20.5 Å². The molecule has 3 rings (SSSR count). The second kappa shape index (κ2) is 6.44. The Balaban J connectivity index is 2.02. The van der Waals surface area contributed by atoms with E-state index in [1.54, 1.807) is 43.5 Å². The van der Waals surface area contributed by atoms with Crippen molar-refractivity contribution in [1.29, 1.82) is 0 Å². The van der Waals surface area contributed by atoms with E-state index in [-0.39, 0.29) is 24.0 Å². The van der Waals surface area contributed by atoms with E-state index in [0.29, 0.717) is 5.75 Å². The molecule has 0 saturated heterocycles. The Labute approximate surface area is 148 Å². The van der Waals surface area contributed by atoms with Gasteiger partial charge < -0.3 is 15.6 Å². The van der Waals surface area contributed by atoms with Gasteiger partial charge in [-0.25, -0.2) is 8.42 Å². The lowest BCUT2D eigenvalue weighted by Crippen LogP contribution is -2.27. The van der Waals surface area contributed by atoms with Gasteiger partial charge in [0.15, 0.2) is 9.84 Å². The zero-order valence-electron chi connectivity index (χ0n) is 14.3. The zero-order chi connectivity index (χ0) is 18.2. The number of rotatable bonds is 6. The van der Waals surface area contributed by atoms with Crippen molar-refractivity contribution in [3.8, 4) is 5.75 Å². The number of ether oxygens (including phenoxy) is 1. The molecule has 0 spiro atoms. The topological polar surface area (TPSA) is 89.6 Å². The minimum Gasteiger partial charge on any atom is -0.497 e. The molecule has 1 aliphatic rings. The summed E-state index contributed by atoms with van der Waals surface area (Å²) in [5, 5.41) is 9.21. The SMILES string of the molecule is COc1ccc([C@@H]2[C@@H](S(=O)(=O)c3ccc(C)cc3)[C@@]2(CN)CO)cc1. The Morgan fingerprint density at radius 1 is 1.12 bits per heavy atom. The number of aliphatic hydroxyl groups excluding tert-OH is 1. The predicted octanol–water partition coefficient (Wildman–Crippen LogP) is 1.88. The van der Waals surface area contributed by atoms with Gasteiger partial charge in [0.25, 0.3) is 0 Å². The number of aliphatic hydroxyl groups is 1. The Hall–Kier alpha value is -1.89. The summed E-state index contributed by atoms with van der Waals surface area (Å²) in [7, 11) is -2.02. The van der Waals surface area contributed by atoms with Gasteiger partial charge in [-0.05, 0) is 36.8 Å². The van der Waals surface area contributed by atoms with E-state index >= 15 is 0 Å². The molecular formula is C19H23NO4S. The minimum absolute atomic E-state index is 0.107. The second-order valence-corrected chi connectivity index (χ2v) is 8.69. The number of nitrogens with two attached hydrogens (primary N) is 1. The lowest BCUT2D eigenvalue weighted by molar-refractivity contribution is 0.212. The average Bonchev–Trinajstić information content (AvgIpc) is 3.33. The van der Waals surface area contributed by atoms with Crippen LogP contribution in [0.1, 0.15) is 17.0 Å². The molecule has 2 aromatic rings. The highest BCUT2D eigenvalue weighted by molar-refractivity contribution is 7.92. The van der Waals surface area contributed by atoms with Crippen LogP contribution in [-0.2, 0) is 9.84 Å². The highest BCUT2D eigenvalue weighted by Gasteiger charge is 2.70. The molecule has 0 aromatic heterocycles. The fourth-order valence-electron chi connectivity index (χ4n) is 3.63. The van der Waals surface area contributed by atoms with E-state index in [0.717, 1.165) is 11.1 Å². The summed E-state index contributed by atoms with van der Waals surface area (Å²) in [5.74, 6) is 0.365. The first-order valence-corrected chi connectivity index (χ1v) is 9.71. The average molecular weight is 361 g/mol. The molecule has 5 nitrogen and oxygen atoms in total. The van der Waals surface area contributed by atoms with Gasteiger partial charge in [0, 0.05) is 17.9 Å². The van der Waals surface area contributed by atoms with Gasteiger partial charge >= 0.3 is 0 Å². The molecule has 0 bridgehead atoms. The molecule has 0 unspecified atom stereocenters. The molecular weight excluding hydrogens is 338 g/mol. The van der Waals surface area contributed by atoms with Crippen LogP contribution in [-0.4, -0.2) is 39.0 Å². The highest BCUT2D eigenvalue weighted by atomic mass is 32.2. The number of sulfone groups is 1. The smallest absolute Gasteiger partial charge is 0.182 e. The largest absolute Gasteiger partial charge is 0.497 e. The van der Waals surface area contributed by atoms with E-state index in [4.69, 9.17) is 10.5 Å². The molecule has 25 heavy (non-hydrogen) atoms. The molecule has 0 aliphatic heterocycles. The van der Waals surface area contributed by atoms with Crippen molar-refractivity contribution in [1.82, 2.24) is 0 Å². The summed E-state index contributed by atoms with van der Waals surface area (Å²) >= 11 is 0. The van der Waals surface area contributed by atoms with Gasteiger partial charge in [0.05, 0.1) is 23.9 Å². The maximum Gasteiger partial charge on any atom is 0.182 e. The summed E-state index contributed by atoms with van der Waals surface area (Å²) in [6.45, 7) is 1.75. The molecule has 2 aromatic carbocycles. The molecule has 1 saturated carbocycles. The third-order valence-electron chi connectivity index (χ3n) is 5.21. The van der Waals surface area contributed by atoms with Crippen LogP contribution < -0.4 is 10.5 Å². The van der Waals surface area contributed by atoms with Gasteiger partial charge in [-0.2, -0.15) is 0 Å². The fraction of sp³-hybridized carbons (Fsp3) is 0.368. The molecule has 0 radical (unpaired) electrons. The van der Waals surface area contributed by atoms with Crippen LogP contribution in [0.25, 0.3) is 0 Å². The summed E-state index contributed by atoms with van der Waals surface area (Å²) in [6, 6.07) is 14.1. The van der Waals surface area contributed by atoms with Crippen LogP contribution in [0.3, 0.4) is 0 Å². The molecule has 0 heterocycles. The molecule has 6 heteroatoms. The number of benzene rings is 2. The maximum absolute atomic E-state index is 13.2. The molecule has 134 valence electrons. The van der Waals surface area contributed by atoms with Crippen molar-refractivity contribution >= 4 is 9.84 Å². The van der Waals surface area contributed by atoms with E-state index in [1.165, 1.54) is 0 Å². The second-order valence-electron chi connectivity index (χ2n) is 6.62. The normalized spacial score (nSPS) is 25.6. The zero-order valence-corrected chi connectivity index (χ0v) is 15.2. The Morgan fingerprint density at radius 3 is 2.20 bits per heavy atom. The fourth-order valence-corrected chi connectivity index (χ4v) is 6.08. The highest BCUT2D eigenvalue weighted by Crippen LogP contribution is 2.63. The van der Waals surface area contributed by atoms with E-state index in [1.807, 2.05) is 19.1 Å². The first-order chi connectivity index (χ1) is 11.9. The van der Waals surface area contributed by atoms with Gasteiger partial charge in [0.2, 0.25) is 0 Å². The quantitative estimate of drug-likeness (QED) is 0.820. The van der Waals surface area contributed by atoms with Crippen LogP contribution in [0.15, 0.2) is 53.4 Å². The summed E-state index contributed by atoms with van der Waals surface area (Å²) in [5.41, 5.74) is 6.90. The Kier molecular flexibility index (Phi) is 4.62. The van der Waals surface area contributed by atoms with Gasteiger partial charge in [0.1, 0.15) is 5.75 Å². The van der Waals surface area contributed by atoms with Crippen LogP contribution in [0.2, 0.25) is 0 Å². The lowest BCUT2D eigenvalue weighted by atomic mass is 10.00. The third kappa shape index (κ3) is 2.84. The molecule has 1 fully saturated rings. The molecule has 0 amide bonds. The summed E-state index contributed by atoms with van der Waals surface area (Å²) < 4.78 is 31.5. The molecule has 1 aliphatic carbocycles. The van der Waals surface area contributed by atoms with Gasteiger partial charge in [-0.1, -0.05) is 29.8 Å². The van der Waals surface area contributed by atoms with Crippen molar-refractivity contribution in [3.05, 3.63) is 59.7 Å². The van der Waals surface area contributed by atoms with Crippen molar-refractivity contribution in [2.75, 3.05) is 20.3 Å². The first kappa shape index (κ1) is 17.9. The Bertz CT molecular complexity index is 840. The monoisotopic (exact) mass is 361 g/mol. The van der Waals surface area contributed by atoms with Crippen LogP contribution >= 0.6 is 0 Å². The number of methoxy groups -OCH3 is 1. The molecule has 3 N–H and O–H groups in total. The van der Waals surface area contributed by atoms with Crippen molar-refractivity contribution in [2.24, 2.45) is 11.1 Å². The van der Waals surface area contributed by atoms with Crippen molar-refractivity contribution in [2.45, 2.75) is 23.0 Å². The maximum atomic E-state index is 13.2. The van der Waals surface area contributed by atoms with Crippen LogP contribution in [0, 0.1) is 12.3 Å². The van der Waals surface area contributed by atoms with Crippen LogP contribution in [0.4, 0.5) is 0 Å². The Morgan fingerprint density at radius 2 is 1.72 bits per heavy atom. The van der Waals surface area contributed by atoms with Gasteiger partial charge in [-0.3, -0.25) is 0 Å². The molecule has 3 atom stereocenters. The minimum atomic E-state index is -3.60. The summed E-state index contributed by atoms with van der Waals surface area (Å²) in [4.78, 5) is 0.269. The van der Waals surface area contributed by atoms with Gasteiger partial charge in [-0.15, -0.1) is 0 Å². The number of hydrogen-bond acceptors (Lipinski definition) is 5. The van der Waals surface area contributed by atoms with Crippen LogP contribution in [0.5, 0.6) is 5.75 Å². The lowest BCUT2D eigenvalue weighted by Gasteiger charge is -2.12. The third-order valence-corrected chi connectivity index (χ3v) is 7.55. The predicted molar refractivity (Wildman–Crippen MR) is 96.5 cm³/mol. The summed E-state index contributed by atoms with van der Waals surface area (Å²) in [6.07, 6.45) is 0. The van der Waals surface area contributed by atoms with E-state index in [2.05, 4.69) is 0 Å². The standard InChI is InChI=1S/C19H23NO4S/c1-13-3-9-16(10-4-13)25(22,23)18-17(19(18,11-20)12-21)14-5-7-15(24-2)8-6-14/h3-10,17-18,21H,11-12,20H2,1-2H3/t17-,18-,19+/m1/s1.